The SMILES string of the molecule is C=CC(=O)Nc1cccc(CN(C(=O)Nc2cccc(C(F)(F)F)c2)C2CCN(C(C)CCC)CC2)c1. The number of halogens is 3. The molecule has 2 aromatic rings. The fraction of sp³-hybridized carbons (Fsp3) is 0.429. The summed E-state index contributed by atoms with van der Waals surface area (Å²) in [6, 6.07) is 11.7. The molecule has 1 aliphatic rings. The molecule has 1 fully saturated rings. The molecule has 0 saturated carbocycles. The number of alkyl halides is 3. The summed E-state index contributed by atoms with van der Waals surface area (Å²) >= 11 is 0. The van der Waals surface area contributed by atoms with Gasteiger partial charge in [0.2, 0.25) is 5.91 Å². The second-order valence-electron chi connectivity index (χ2n) is 9.44. The van der Waals surface area contributed by atoms with Crippen LogP contribution in [0.25, 0.3) is 0 Å². The minimum atomic E-state index is -4.50. The molecule has 1 aliphatic heterocycles. The summed E-state index contributed by atoms with van der Waals surface area (Å²) in [5.74, 6) is -0.343. The molecule has 1 saturated heterocycles. The number of amides is 3. The first kappa shape index (κ1) is 28.2. The highest BCUT2D eigenvalue weighted by Crippen LogP contribution is 2.31. The highest BCUT2D eigenvalue weighted by atomic mass is 19.4. The van der Waals surface area contributed by atoms with Crippen LogP contribution in [-0.2, 0) is 17.5 Å². The summed E-state index contributed by atoms with van der Waals surface area (Å²) in [6.07, 6.45) is 0.403. The molecule has 0 bridgehead atoms. The van der Waals surface area contributed by atoms with E-state index >= 15 is 0 Å². The summed E-state index contributed by atoms with van der Waals surface area (Å²) < 4.78 is 39.6. The van der Waals surface area contributed by atoms with Gasteiger partial charge in [0.05, 0.1) is 5.56 Å². The Morgan fingerprint density at radius 1 is 1.11 bits per heavy atom. The van der Waals surface area contributed by atoms with E-state index in [1.54, 1.807) is 23.1 Å². The van der Waals surface area contributed by atoms with Crippen molar-refractivity contribution in [2.24, 2.45) is 0 Å². The maximum absolute atomic E-state index is 13.4. The lowest BCUT2D eigenvalue weighted by Gasteiger charge is -2.40. The summed E-state index contributed by atoms with van der Waals surface area (Å²) in [5, 5.41) is 5.39. The van der Waals surface area contributed by atoms with Gasteiger partial charge in [-0.3, -0.25) is 4.79 Å². The predicted octanol–water partition coefficient (Wildman–Crippen LogP) is 6.52. The van der Waals surface area contributed by atoms with Crippen molar-refractivity contribution in [3.05, 3.63) is 72.3 Å². The Bertz CT molecular complexity index is 1080. The number of nitrogens with one attached hydrogen (secondary N) is 2. The number of piperidine rings is 1. The van der Waals surface area contributed by atoms with Crippen molar-refractivity contribution in [2.75, 3.05) is 23.7 Å². The molecule has 6 nitrogen and oxygen atoms in total. The number of anilines is 2. The fourth-order valence-electron chi connectivity index (χ4n) is 4.71. The molecule has 9 heteroatoms. The van der Waals surface area contributed by atoms with Crippen LogP contribution in [0.5, 0.6) is 0 Å². The van der Waals surface area contributed by atoms with Crippen molar-refractivity contribution >= 4 is 23.3 Å². The van der Waals surface area contributed by atoms with E-state index in [0.29, 0.717) is 11.7 Å². The smallest absolute Gasteiger partial charge is 0.323 e. The lowest BCUT2D eigenvalue weighted by Crippen LogP contribution is -2.50. The van der Waals surface area contributed by atoms with Gasteiger partial charge in [0.1, 0.15) is 0 Å². The van der Waals surface area contributed by atoms with Gasteiger partial charge >= 0.3 is 12.2 Å². The average Bonchev–Trinajstić information content (AvgIpc) is 2.87. The number of nitrogens with zero attached hydrogens (tertiary/aromatic N) is 2. The highest BCUT2D eigenvalue weighted by Gasteiger charge is 2.32. The Labute approximate surface area is 216 Å². The first-order valence-electron chi connectivity index (χ1n) is 12.6. The number of carbonyl (C=O) groups excluding carboxylic acids is 2. The minimum Gasteiger partial charge on any atom is -0.323 e. The highest BCUT2D eigenvalue weighted by molar-refractivity contribution is 5.98. The predicted molar refractivity (Wildman–Crippen MR) is 140 cm³/mol. The minimum absolute atomic E-state index is 0.0812. The van der Waals surface area contributed by atoms with Crippen molar-refractivity contribution < 1.29 is 22.8 Å². The largest absolute Gasteiger partial charge is 0.416 e. The van der Waals surface area contributed by atoms with Crippen LogP contribution in [0.1, 0.15) is 50.7 Å². The molecule has 37 heavy (non-hydrogen) atoms. The van der Waals surface area contributed by atoms with Gasteiger partial charge < -0.3 is 20.4 Å². The number of likely N-dealkylation sites (tertiary alicyclic amines) is 1. The Hall–Kier alpha value is -3.33. The van der Waals surface area contributed by atoms with Gasteiger partial charge in [0, 0.05) is 43.1 Å². The summed E-state index contributed by atoms with van der Waals surface area (Å²) in [4.78, 5) is 29.3. The Balaban J connectivity index is 1.80. The number of benzene rings is 2. The van der Waals surface area contributed by atoms with Crippen molar-refractivity contribution in [3.63, 3.8) is 0 Å². The third kappa shape index (κ3) is 8.08. The standard InChI is InChI=1S/C28H35F3N4O2/c1-4-8-20(3)34-15-13-25(14-16-34)35(19-21-9-6-11-23(17-21)32-26(36)5-2)27(37)33-24-12-7-10-22(18-24)28(29,30)31/h5-7,9-12,17-18,20,25H,2,4,8,13-16,19H2,1,3H3,(H,32,36)(H,33,37). The van der Waals surface area contributed by atoms with Crippen LogP contribution in [0.15, 0.2) is 61.2 Å². The molecule has 2 aromatic carbocycles. The first-order chi connectivity index (χ1) is 17.6. The van der Waals surface area contributed by atoms with Crippen molar-refractivity contribution in [1.82, 2.24) is 9.80 Å². The number of hydrogen-bond acceptors (Lipinski definition) is 3. The topological polar surface area (TPSA) is 64.7 Å². The van der Waals surface area contributed by atoms with Crippen LogP contribution in [0.3, 0.4) is 0 Å². The number of rotatable bonds is 9. The maximum atomic E-state index is 13.4. The zero-order valence-corrected chi connectivity index (χ0v) is 21.4. The monoisotopic (exact) mass is 516 g/mol. The van der Waals surface area contributed by atoms with Crippen LogP contribution in [0.2, 0.25) is 0 Å². The van der Waals surface area contributed by atoms with E-state index in [4.69, 9.17) is 0 Å². The lowest BCUT2D eigenvalue weighted by molar-refractivity contribution is -0.137. The van der Waals surface area contributed by atoms with Crippen molar-refractivity contribution in [1.29, 1.82) is 0 Å². The quantitative estimate of drug-likeness (QED) is 0.373. The number of carbonyl (C=O) groups is 2. The fourth-order valence-corrected chi connectivity index (χ4v) is 4.71. The zero-order valence-electron chi connectivity index (χ0n) is 21.4. The molecule has 1 heterocycles. The van der Waals surface area contributed by atoms with Gasteiger partial charge in [0.25, 0.3) is 0 Å². The molecule has 0 aliphatic carbocycles. The molecule has 0 radical (unpaired) electrons. The molecule has 3 rings (SSSR count). The van der Waals surface area contributed by atoms with Crippen LogP contribution in [-0.4, -0.2) is 46.9 Å². The van der Waals surface area contributed by atoms with Crippen LogP contribution in [0, 0.1) is 0 Å². The van der Waals surface area contributed by atoms with Crippen LogP contribution >= 0.6 is 0 Å². The maximum Gasteiger partial charge on any atom is 0.416 e. The molecule has 0 spiro atoms. The lowest BCUT2D eigenvalue weighted by atomic mass is 10.00. The van der Waals surface area contributed by atoms with Gasteiger partial charge in [-0.2, -0.15) is 13.2 Å². The van der Waals surface area contributed by atoms with Gasteiger partial charge in [0.15, 0.2) is 0 Å². The van der Waals surface area contributed by atoms with E-state index in [1.165, 1.54) is 18.2 Å². The molecule has 1 atom stereocenters. The second kappa shape index (κ2) is 12.8. The molecule has 2 N–H and O–H groups in total. The van der Waals surface area contributed by atoms with E-state index < -0.39 is 17.8 Å². The molecule has 3 amide bonds. The van der Waals surface area contributed by atoms with Gasteiger partial charge in [-0.15, -0.1) is 0 Å². The van der Waals surface area contributed by atoms with Gasteiger partial charge in [-0.05, 0) is 68.2 Å². The van der Waals surface area contributed by atoms with E-state index in [1.807, 2.05) is 6.07 Å². The van der Waals surface area contributed by atoms with E-state index in [-0.39, 0.29) is 24.2 Å². The third-order valence-electron chi connectivity index (χ3n) is 6.70. The Kier molecular flexibility index (Phi) is 9.74. The van der Waals surface area contributed by atoms with E-state index in [0.717, 1.165) is 56.5 Å². The normalized spacial score (nSPS) is 15.6. The summed E-state index contributed by atoms with van der Waals surface area (Å²) in [5.41, 5.74) is 0.637. The first-order valence-corrected chi connectivity index (χ1v) is 12.6. The van der Waals surface area contributed by atoms with Crippen LogP contribution in [0.4, 0.5) is 29.3 Å². The zero-order chi connectivity index (χ0) is 27.0. The third-order valence-corrected chi connectivity index (χ3v) is 6.70. The Morgan fingerprint density at radius 2 is 1.76 bits per heavy atom. The summed E-state index contributed by atoms with van der Waals surface area (Å²) in [6.45, 7) is 9.76. The Morgan fingerprint density at radius 3 is 2.38 bits per heavy atom. The molecular formula is C28H35F3N4O2. The molecule has 200 valence electrons. The molecule has 1 unspecified atom stereocenters. The van der Waals surface area contributed by atoms with Gasteiger partial charge in [-0.25, -0.2) is 4.79 Å². The number of urea groups is 1. The average molecular weight is 517 g/mol. The molecular weight excluding hydrogens is 481 g/mol. The van der Waals surface area contributed by atoms with Crippen molar-refractivity contribution in [2.45, 2.75) is 64.3 Å². The van der Waals surface area contributed by atoms with Gasteiger partial charge in [-0.1, -0.05) is 38.1 Å². The second-order valence-corrected chi connectivity index (χ2v) is 9.44. The van der Waals surface area contributed by atoms with Crippen LogP contribution < -0.4 is 10.6 Å². The van der Waals surface area contributed by atoms with E-state index in [2.05, 4.69) is 36.0 Å². The number of hydrogen-bond donors (Lipinski definition) is 2. The van der Waals surface area contributed by atoms with E-state index in [9.17, 15) is 22.8 Å². The summed E-state index contributed by atoms with van der Waals surface area (Å²) in [7, 11) is 0. The van der Waals surface area contributed by atoms with Crippen molar-refractivity contribution in [3.8, 4) is 0 Å². The molecule has 0 aromatic heterocycles.